The Morgan fingerprint density at radius 1 is 1.33 bits per heavy atom. The average Bonchev–Trinajstić information content (AvgIpc) is 2.99. The molecule has 0 radical (unpaired) electrons. The van der Waals surface area contributed by atoms with Crippen LogP contribution in [0.2, 0.25) is 0 Å². The molecule has 2 aromatic heterocycles. The molecule has 0 aliphatic heterocycles. The Morgan fingerprint density at radius 3 is 2.79 bits per heavy atom. The smallest absolute Gasteiger partial charge is 0.285 e. The summed E-state index contributed by atoms with van der Waals surface area (Å²) < 4.78 is 2.50. The van der Waals surface area contributed by atoms with Crippen LogP contribution in [0.3, 0.4) is 0 Å². The zero-order valence-corrected chi connectivity index (χ0v) is 14.1. The summed E-state index contributed by atoms with van der Waals surface area (Å²) >= 11 is 1.63. The summed E-state index contributed by atoms with van der Waals surface area (Å²) in [7, 11) is 1.95. The molecule has 2 heterocycles. The van der Waals surface area contributed by atoms with Crippen LogP contribution in [0.4, 0.5) is 5.69 Å². The topological polar surface area (TPSA) is 82.5 Å². The van der Waals surface area contributed by atoms with Gasteiger partial charge in [0.25, 0.3) is 11.2 Å². The van der Waals surface area contributed by atoms with Crippen LogP contribution < -0.4 is 10.5 Å². The number of hydrogen-bond acceptors (Lipinski definition) is 5. The molecule has 1 unspecified atom stereocenters. The number of quaternary nitrogens is 1. The third-order valence-corrected chi connectivity index (χ3v) is 5.24. The normalized spacial score (nSPS) is 13.8. The number of nitrogens with one attached hydrogen (secondary N) is 1. The fourth-order valence-electron chi connectivity index (χ4n) is 2.44. The number of benzene rings is 1. The molecule has 1 N–H and O–H groups in total. The lowest BCUT2D eigenvalue weighted by Gasteiger charge is -2.20. The van der Waals surface area contributed by atoms with Crippen molar-refractivity contribution in [3.63, 3.8) is 0 Å². The third-order valence-electron chi connectivity index (χ3n) is 4.02. The van der Waals surface area contributed by atoms with E-state index in [4.69, 9.17) is 0 Å². The van der Waals surface area contributed by atoms with Gasteiger partial charge in [0.15, 0.2) is 11.7 Å². The molecule has 0 aliphatic carbocycles. The van der Waals surface area contributed by atoms with Gasteiger partial charge in [0.05, 0.1) is 28.4 Å². The van der Waals surface area contributed by atoms with E-state index in [0.29, 0.717) is 6.67 Å². The minimum Gasteiger partial charge on any atom is -0.312 e. The van der Waals surface area contributed by atoms with Crippen LogP contribution in [0.1, 0.15) is 18.0 Å². The number of pyridine rings is 1. The molecule has 0 spiro atoms. The van der Waals surface area contributed by atoms with E-state index in [2.05, 4.69) is 4.98 Å². The summed E-state index contributed by atoms with van der Waals surface area (Å²) in [6.07, 6.45) is 1.29. The van der Waals surface area contributed by atoms with Gasteiger partial charge < -0.3 is 4.90 Å². The summed E-state index contributed by atoms with van der Waals surface area (Å²) in [5, 5.41) is 11.9. The van der Waals surface area contributed by atoms with Crippen LogP contribution in [0.25, 0.3) is 10.2 Å². The summed E-state index contributed by atoms with van der Waals surface area (Å²) in [6, 6.07) is 10.5. The lowest BCUT2D eigenvalue weighted by molar-refractivity contribution is -0.932. The highest BCUT2D eigenvalue weighted by molar-refractivity contribution is 7.18. The Balaban J connectivity index is 1.83. The van der Waals surface area contributed by atoms with Gasteiger partial charge in [-0.05, 0) is 19.1 Å². The molecule has 1 aromatic carbocycles. The first-order valence-corrected chi connectivity index (χ1v) is 8.30. The molecule has 7 nitrogen and oxygen atoms in total. The van der Waals surface area contributed by atoms with Crippen molar-refractivity contribution >= 4 is 27.2 Å². The SMILES string of the molecule is C[C@H](c1nc2ccccc2s1)[NH+](C)Cn1cc([N+](=O)[O-])ccc1=O. The fourth-order valence-corrected chi connectivity index (χ4v) is 3.55. The predicted molar refractivity (Wildman–Crippen MR) is 92.3 cm³/mol. The highest BCUT2D eigenvalue weighted by atomic mass is 32.1. The van der Waals surface area contributed by atoms with Gasteiger partial charge in [-0.3, -0.25) is 19.5 Å². The van der Waals surface area contributed by atoms with Crippen LogP contribution in [0.5, 0.6) is 0 Å². The van der Waals surface area contributed by atoms with Crippen LogP contribution in [0.15, 0.2) is 47.4 Å². The molecule has 3 aromatic rings. The maximum absolute atomic E-state index is 11.9. The number of aromatic nitrogens is 2. The average molecular weight is 345 g/mol. The molecule has 124 valence electrons. The van der Waals surface area contributed by atoms with Crippen molar-refractivity contribution in [1.29, 1.82) is 0 Å². The Kier molecular flexibility index (Phi) is 4.41. The van der Waals surface area contributed by atoms with Crippen molar-refractivity contribution in [1.82, 2.24) is 9.55 Å². The van der Waals surface area contributed by atoms with Gasteiger partial charge in [-0.1, -0.05) is 12.1 Å². The van der Waals surface area contributed by atoms with Gasteiger partial charge in [-0.2, -0.15) is 0 Å². The lowest BCUT2D eigenvalue weighted by Crippen LogP contribution is -3.08. The molecule has 0 saturated heterocycles. The summed E-state index contributed by atoms with van der Waals surface area (Å²) in [5.41, 5.74) is 0.621. The fraction of sp³-hybridized carbons (Fsp3) is 0.250. The molecule has 0 fully saturated rings. The molecule has 0 saturated carbocycles. The first-order chi connectivity index (χ1) is 11.5. The van der Waals surface area contributed by atoms with Crippen LogP contribution in [-0.4, -0.2) is 21.5 Å². The highest BCUT2D eigenvalue weighted by Crippen LogP contribution is 2.24. The van der Waals surface area contributed by atoms with E-state index in [-0.39, 0.29) is 17.3 Å². The molecular weight excluding hydrogens is 328 g/mol. The van der Waals surface area contributed by atoms with E-state index < -0.39 is 4.92 Å². The number of nitro groups is 1. The zero-order valence-electron chi connectivity index (χ0n) is 13.3. The first kappa shape index (κ1) is 16.3. The molecule has 3 rings (SSSR count). The van der Waals surface area contributed by atoms with Crippen LogP contribution in [0, 0.1) is 10.1 Å². The molecule has 8 heteroatoms. The Hall–Kier alpha value is -2.58. The Bertz CT molecular complexity index is 917. The molecule has 2 atom stereocenters. The van der Waals surface area contributed by atoms with E-state index in [1.54, 1.807) is 11.3 Å². The first-order valence-electron chi connectivity index (χ1n) is 7.48. The van der Waals surface area contributed by atoms with Gasteiger partial charge in [0.1, 0.15) is 6.04 Å². The van der Waals surface area contributed by atoms with Crippen molar-refractivity contribution in [2.45, 2.75) is 19.6 Å². The number of fused-ring (bicyclic) bond motifs is 1. The van der Waals surface area contributed by atoms with E-state index in [0.717, 1.165) is 20.1 Å². The van der Waals surface area contributed by atoms with Crippen molar-refractivity contribution < 1.29 is 9.82 Å². The standard InChI is InChI=1S/C16H16N4O3S/c1-11(16-17-13-5-3-4-6-14(13)24-16)18(2)10-19-9-12(20(22)23)7-8-15(19)21/h3-9,11H,10H2,1-2H3/p+1/t11-/m1/s1. The van der Waals surface area contributed by atoms with E-state index in [9.17, 15) is 14.9 Å². The van der Waals surface area contributed by atoms with Crippen molar-refractivity contribution in [3.05, 3.63) is 68.1 Å². The van der Waals surface area contributed by atoms with Crippen LogP contribution in [-0.2, 0) is 6.67 Å². The molecule has 0 aliphatic rings. The van der Waals surface area contributed by atoms with E-state index in [1.807, 2.05) is 38.2 Å². The number of nitrogens with zero attached hydrogens (tertiary/aromatic N) is 3. The Morgan fingerprint density at radius 2 is 2.08 bits per heavy atom. The zero-order chi connectivity index (χ0) is 17.3. The molecule has 0 amide bonds. The number of hydrogen-bond donors (Lipinski definition) is 1. The maximum Gasteiger partial charge on any atom is 0.285 e. The monoisotopic (exact) mass is 345 g/mol. The largest absolute Gasteiger partial charge is 0.312 e. The third kappa shape index (κ3) is 3.19. The quantitative estimate of drug-likeness (QED) is 0.562. The maximum atomic E-state index is 11.9. The minimum absolute atomic E-state index is 0.0635. The second-order valence-electron chi connectivity index (χ2n) is 5.70. The van der Waals surface area contributed by atoms with Crippen molar-refractivity contribution in [2.24, 2.45) is 0 Å². The van der Waals surface area contributed by atoms with E-state index >= 15 is 0 Å². The predicted octanol–water partition coefficient (Wildman–Crippen LogP) is 1.60. The van der Waals surface area contributed by atoms with Gasteiger partial charge in [-0.15, -0.1) is 11.3 Å². The summed E-state index contributed by atoms with van der Waals surface area (Å²) in [5.74, 6) is 0. The molecular formula is C16H17N4O3S+. The number of thiazole rings is 1. The van der Waals surface area contributed by atoms with Gasteiger partial charge in [0, 0.05) is 12.1 Å². The Labute approximate surface area is 141 Å². The van der Waals surface area contributed by atoms with Gasteiger partial charge >= 0.3 is 0 Å². The molecule has 24 heavy (non-hydrogen) atoms. The highest BCUT2D eigenvalue weighted by Gasteiger charge is 2.21. The number of para-hydroxylation sites is 1. The summed E-state index contributed by atoms with van der Waals surface area (Å²) in [4.78, 5) is 28.0. The van der Waals surface area contributed by atoms with Crippen molar-refractivity contribution in [2.75, 3.05) is 7.05 Å². The van der Waals surface area contributed by atoms with Gasteiger partial charge in [0.2, 0.25) is 0 Å². The van der Waals surface area contributed by atoms with Crippen LogP contribution >= 0.6 is 11.3 Å². The lowest BCUT2D eigenvalue weighted by atomic mass is 10.3. The molecule has 0 bridgehead atoms. The summed E-state index contributed by atoms with van der Waals surface area (Å²) in [6.45, 7) is 2.37. The second-order valence-corrected chi connectivity index (χ2v) is 6.76. The minimum atomic E-state index is -0.498. The van der Waals surface area contributed by atoms with Gasteiger partial charge in [-0.25, -0.2) is 4.98 Å². The number of rotatable bonds is 5. The van der Waals surface area contributed by atoms with E-state index in [1.165, 1.54) is 22.9 Å². The van der Waals surface area contributed by atoms with Crippen molar-refractivity contribution in [3.8, 4) is 0 Å². The second kappa shape index (κ2) is 6.50.